The van der Waals surface area contributed by atoms with Gasteiger partial charge in [0.1, 0.15) is 30.6 Å². The number of nitrogens with one attached hydrogen (secondary N) is 1. The molecule has 0 amide bonds. The highest BCUT2D eigenvalue weighted by molar-refractivity contribution is 6.12. The van der Waals surface area contributed by atoms with Gasteiger partial charge in [-0.2, -0.15) is 0 Å². The van der Waals surface area contributed by atoms with Gasteiger partial charge in [-0.3, -0.25) is 9.59 Å². The van der Waals surface area contributed by atoms with E-state index in [-0.39, 0.29) is 30.5 Å². The third kappa shape index (κ3) is 4.98. The van der Waals surface area contributed by atoms with E-state index in [0.717, 1.165) is 0 Å². The van der Waals surface area contributed by atoms with Gasteiger partial charge in [0.2, 0.25) is 0 Å². The highest BCUT2D eigenvalue weighted by Gasteiger charge is 2.47. The average Bonchev–Trinajstić information content (AvgIpc) is 2.86. The molecule has 36 heavy (non-hydrogen) atoms. The van der Waals surface area contributed by atoms with Crippen LogP contribution < -0.4 is 10.1 Å². The van der Waals surface area contributed by atoms with Gasteiger partial charge in [-0.15, -0.1) is 0 Å². The molecule has 2 N–H and O–H groups in total. The molecular weight excluding hydrogens is 462 g/mol. The molecule has 0 saturated carbocycles. The molecule has 2 aliphatic rings. The second-order valence-corrected chi connectivity index (χ2v) is 8.93. The zero-order chi connectivity index (χ0) is 25.8. The van der Waals surface area contributed by atoms with E-state index in [9.17, 15) is 19.5 Å². The van der Waals surface area contributed by atoms with Crippen molar-refractivity contribution in [3.63, 3.8) is 0 Å². The number of allylic oxidation sites excluding steroid dienone is 3. The number of rotatable bonds is 7. The van der Waals surface area contributed by atoms with Crippen LogP contribution >= 0.6 is 0 Å². The minimum Gasteiger partial charge on any atom is -0.508 e. The molecule has 4 rings (SSSR count). The first kappa shape index (κ1) is 25.0. The molecule has 8 heteroatoms. The quantitative estimate of drug-likeness (QED) is 0.343. The summed E-state index contributed by atoms with van der Waals surface area (Å²) in [6.07, 6.45) is 0.431. The van der Waals surface area contributed by atoms with Crippen molar-refractivity contribution >= 4 is 17.7 Å². The number of phenolic OH excluding ortho intramolecular Hbond substituents is 1. The molecular formula is C28H29NO7. The maximum Gasteiger partial charge on any atom is 0.336 e. The zero-order valence-corrected chi connectivity index (χ0v) is 20.4. The van der Waals surface area contributed by atoms with E-state index in [1.54, 1.807) is 31.2 Å². The van der Waals surface area contributed by atoms with Crippen LogP contribution in [0.5, 0.6) is 11.5 Å². The van der Waals surface area contributed by atoms with Gasteiger partial charge in [-0.1, -0.05) is 37.3 Å². The number of benzene rings is 2. The van der Waals surface area contributed by atoms with E-state index in [2.05, 4.69) is 5.32 Å². The second-order valence-electron chi connectivity index (χ2n) is 8.93. The van der Waals surface area contributed by atoms with Crippen molar-refractivity contribution in [3.8, 4) is 11.5 Å². The molecule has 188 valence electrons. The molecule has 0 spiro atoms. The van der Waals surface area contributed by atoms with Gasteiger partial charge in [0.25, 0.3) is 0 Å². The Balaban J connectivity index is 1.64. The van der Waals surface area contributed by atoms with Gasteiger partial charge >= 0.3 is 11.9 Å². The molecule has 0 bridgehead atoms. The lowest BCUT2D eigenvalue weighted by molar-refractivity contribution is -0.151. The SMILES string of the molecule is COC(=O)[C@H]1C(=O)C2=C(C[C@@H]1C)NC(C)=C(C(=O)OCCOc1ccccc1)[C@H]2c1cccc(O)c1. The lowest BCUT2D eigenvalue weighted by Crippen LogP contribution is -2.43. The molecule has 8 nitrogen and oxygen atoms in total. The second kappa shape index (κ2) is 10.7. The molecule has 0 aromatic heterocycles. The zero-order valence-electron chi connectivity index (χ0n) is 20.4. The van der Waals surface area contributed by atoms with Crippen LogP contribution in [0.15, 0.2) is 77.1 Å². The fourth-order valence-corrected chi connectivity index (χ4v) is 4.88. The number of aromatic hydroxyl groups is 1. The Morgan fingerprint density at radius 2 is 1.83 bits per heavy atom. The summed E-state index contributed by atoms with van der Waals surface area (Å²) in [5.74, 6) is -3.05. The third-order valence-electron chi connectivity index (χ3n) is 6.49. The van der Waals surface area contributed by atoms with Crippen molar-refractivity contribution in [3.05, 3.63) is 82.7 Å². The Morgan fingerprint density at radius 3 is 2.53 bits per heavy atom. The minimum atomic E-state index is -0.981. The number of hydrogen-bond donors (Lipinski definition) is 2. The molecule has 1 aliphatic heterocycles. The lowest BCUT2D eigenvalue weighted by Gasteiger charge is -2.38. The number of para-hydroxylation sites is 1. The molecule has 0 radical (unpaired) electrons. The van der Waals surface area contributed by atoms with Crippen molar-refractivity contribution in [2.75, 3.05) is 20.3 Å². The molecule has 2 aromatic rings. The molecule has 0 saturated heterocycles. The van der Waals surface area contributed by atoms with Crippen LogP contribution in [0.3, 0.4) is 0 Å². The van der Waals surface area contributed by atoms with E-state index in [4.69, 9.17) is 14.2 Å². The van der Waals surface area contributed by atoms with Crippen molar-refractivity contribution in [2.24, 2.45) is 11.8 Å². The fraction of sp³-hybridized carbons (Fsp3) is 0.321. The van der Waals surface area contributed by atoms with E-state index < -0.39 is 29.6 Å². The van der Waals surface area contributed by atoms with Crippen LogP contribution in [0, 0.1) is 11.8 Å². The van der Waals surface area contributed by atoms with Gasteiger partial charge in [-0.05, 0) is 49.1 Å². The van der Waals surface area contributed by atoms with E-state index in [0.29, 0.717) is 34.7 Å². The van der Waals surface area contributed by atoms with Crippen LogP contribution in [0.1, 0.15) is 31.7 Å². The number of methoxy groups -OCH3 is 1. The number of Topliss-reactive ketones (excluding diaryl/α,β-unsaturated/α-hetero) is 1. The maximum atomic E-state index is 13.7. The van der Waals surface area contributed by atoms with Crippen LogP contribution in [0.4, 0.5) is 0 Å². The third-order valence-corrected chi connectivity index (χ3v) is 6.49. The van der Waals surface area contributed by atoms with E-state index >= 15 is 0 Å². The summed E-state index contributed by atoms with van der Waals surface area (Å²) < 4.78 is 16.1. The molecule has 0 unspecified atom stereocenters. The molecule has 2 aromatic carbocycles. The standard InChI is InChI=1S/C28H29NO7/c1-16-14-21-25(26(31)22(16)27(32)34-3)24(18-8-7-9-19(30)15-18)23(17(2)29-21)28(33)36-13-12-35-20-10-5-4-6-11-20/h4-11,15-16,22,24,29-30H,12-14H2,1-3H3/t16-,22+,24+/m0/s1. The van der Waals surface area contributed by atoms with Crippen molar-refractivity contribution in [1.82, 2.24) is 5.32 Å². The highest BCUT2D eigenvalue weighted by atomic mass is 16.6. The van der Waals surface area contributed by atoms with Gasteiger partial charge < -0.3 is 24.6 Å². The topological polar surface area (TPSA) is 111 Å². The largest absolute Gasteiger partial charge is 0.508 e. The van der Waals surface area contributed by atoms with Gasteiger partial charge in [-0.25, -0.2) is 4.79 Å². The first-order valence-corrected chi connectivity index (χ1v) is 11.8. The summed E-state index contributed by atoms with van der Waals surface area (Å²) in [6.45, 7) is 3.72. The summed E-state index contributed by atoms with van der Waals surface area (Å²) in [5.41, 5.74) is 2.30. The molecule has 1 aliphatic carbocycles. The first-order valence-electron chi connectivity index (χ1n) is 11.8. The fourth-order valence-electron chi connectivity index (χ4n) is 4.88. The molecule has 3 atom stereocenters. The van der Waals surface area contributed by atoms with Crippen molar-refractivity contribution in [1.29, 1.82) is 0 Å². The number of carbonyl (C=O) groups excluding carboxylic acids is 3. The first-order chi connectivity index (χ1) is 17.3. The summed E-state index contributed by atoms with van der Waals surface area (Å²) in [6, 6.07) is 15.6. The van der Waals surface area contributed by atoms with Crippen LogP contribution in [0.2, 0.25) is 0 Å². The van der Waals surface area contributed by atoms with E-state index in [1.807, 2.05) is 25.1 Å². The number of ether oxygens (including phenoxy) is 3. The smallest absolute Gasteiger partial charge is 0.336 e. The summed E-state index contributed by atoms with van der Waals surface area (Å²) >= 11 is 0. The van der Waals surface area contributed by atoms with Gasteiger partial charge in [0.15, 0.2) is 5.78 Å². The number of hydrogen-bond acceptors (Lipinski definition) is 8. The Bertz CT molecular complexity index is 1230. The molecule has 1 heterocycles. The lowest BCUT2D eigenvalue weighted by atomic mass is 9.69. The predicted molar refractivity (Wildman–Crippen MR) is 131 cm³/mol. The number of esters is 2. The molecule has 0 fully saturated rings. The highest BCUT2D eigenvalue weighted by Crippen LogP contribution is 2.45. The summed E-state index contributed by atoms with van der Waals surface area (Å²) in [7, 11) is 1.25. The number of phenols is 1. The van der Waals surface area contributed by atoms with Crippen LogP contribution in [-0.4, -0.2) is 43.2 Å². The van der Waals surface area contributed by atoms with Gasteiger partial charge in [0.05, 0.1) is 12.7 Å². The maximum absolute atomic E-state index is 13.7. The van der Waals surface area contributed by atoms with Crippen LogP contribution in [-0.2, 0) is 23.9 Å². The monoisotopic (exact) mass is 491 g/mol. The summed E-state index contributed by atoms with van der Waals surface area (Å²) in [5, 5.41) is 13.4. The average molecular weight is 492 g/mol. The van der Waals surface area contributed by atoms with Gasteiger partial charge in [0, 0.05) is 22.9 Å². The van der Waals surface area contributed by atoms with Crippen molar-refractivity contribution < 1.29 is 33.7 Å². The Kier molecular flexibility index (Phi) is 7.43. The summed E-state index contributed by atoms with van der Waals surface area (Å²) in [4.78, 5) is 39.5. The Labute approximate surface area is 209 Å². The van der Waals surface area contributed by atoms with Crippen LogP contribution in [0.25, 0.3) is 0 Å². The normalized spacial score (nSPS) is 21.4. The Hall–Kier alpha value is -4.07. The number of dihydropyridines is 1. The Morgan fingerprint density at radius 1 is 1.08 bits per heavy atom. The predicted octanol–water partition coefficient (Wildman–Crippen LogP) is 3.63. The van der Waals surface area contributed by atoms with E-state index in [1.165, 1.54) is 19.2 Å². The number of ketones is 1. The number of carbonyl (C=O) groups is 3. The minimum absolute atomic E-state index is 0.00105. The van der Waals surface area contributed by atoms with Crippen molar-refractivity contribution in [2.45, 2.75) is 26.2 Å².